The Labute approximate surface area is 131 Å². The lowest BCUT2D eigenvalue weighted by atomic mass is 10.2. The van der Waals surface area contributed by atoms with E-state index in [1.807, 2.05) is 0 Å². The van der Waals surface area contributed by atoms with Crippen molar-refractivity contribution in [1.82, 2.24) is 14.5 Å². The van der Waals surface area contributed by atoms with E-state index in [0.717, 1.165) is 0 Å². The average molecular weight is 316 g/mol. The summed E-state index contributed by atoms with van der Waals surface area (Å²) in [5.74, 6) is 0.423. The second-order valence-electron chi connectivity index (χ2n) is 5.01. The number of nitrogens with zero attached hydrogens (tertiary/aromatic N) is 3. The Morgan fingerprint density at radius 3 is 2.77 bits per heavy atom. The molecule has 0 amide bonds. The number of nitrogens with two attached hydrogens (primary N) is 2. The zero-order valence-electron chi connectivity index (χ0n) is 11.8. The van der Waals surface area contributed by atoms with Crippen molar-refractivity contribution in [2.45, 2.75) is 13.0 Å². The first kappa shape index (κ1) is 14.5. The van der Waals surface area contributed by atoms with Gasteiger partial charge in [0.15, 0.2) is 0 Å². The molecule has 0 aliphatic rings. The van der Waals surface area contributed by atoms with E-state index >= 15 is 0 Å². The van der Waals surface area contributed by atoms with Crippen LogP contribution in [-0.4, -0.2) is 14.5 Å². The highest BCUT2D eigenvalue weighted by molar-refractivity contribution is 6.35. The molecule has 2 heterocycles. The molecule has 3 aromatic rings. The quantitative estimate of drug-likeness (QED) is 0.753. The maximum atomic E-state index is 12.9. The van der Waals surface area contributed by atoms with Gasteiger partial charge in [-0.3, -0.25) is 14.3 Å². The van der Waals surface area contributed by atoms with Crippen LogP contribution in [-0.2, 0) is 0 Å². The molecule has 0 bridgehead atoms. The molecule has 3 rings (SSSR count). The van der Waals surface area contributed by atoms with Crippen molar-refractivity contribution >= 4 is 28.2 Å². The van der Waals surface area contributed by atoms with E-state index in [0.29, 0.717) is 33.1 Å². The summed E-state index contributed by atoms with van der Waals surface area (Å²) in [6.45, 7) is 1.76. The zero-order chi connectivity index (χ0) is 15.9. The standard InChI is InChI=1S/C15H14ClN5O/c1-8(17)14-20-12-4-2-3-11(16)13(12)15(22)21(14)10-5-9(18)6-19-7-10/h2-8H,17-18H2,1H3. The maximum absolute atomic E-state index is 12.9. The molecule has 22 heavy (non-hydrogen) atoms. The van der Waals surface area contributed by atoms with Crippen LogP contribution >= 0.6 is 11.6 Å². The van der Waals surface area contributed by atoms with Crippen LogP contribution in [0.15, 0.2) is 41.5 Å². The summed E-state index contributed by atoms with van der Waals surface area (Å²) in [7, 11) is 0. The van der Waals surface area contributed by atoms with Crippen LogP contribution in [0.2, 0.25) is 5.02 Å². The molecule has 1 unspecified atom stereocenters. The third-order valence-corrected chi connectivity index (χ3v) is 3.60. The first-order valence-electron chi connectivity index (χ1n) is 6.66. The average Bonchev–Trinajstić information content (AvgIpc) is 2.46. The van der Waals surface area contributed by atoms with Gasteiger partial charge < -0.3 is 11.5 Å². The van der Waals surface area contributed by atoms with Gasteiger partial charge in [0.25, 0.3) is 5.56 Å². The van der Waals surface area contributed by atoms with Crippen LogP contribution in [0.3, 0.4) is 0 Å². The lowest BCUT2D eigenvalue weighted by Crippen LogP contribution is -2.27. The van der Waals surface area contributed by atoms with Gasteiger partial charge in [-0.2, -0.15) is 0 Å². The number of aromatic nitrogens is 3. The van der Waals surface area contributed by atoms with Gasteiger partial charge in [-0.1, -0.05) is 17.7 Å². The number of hydrogen-bond acceptors (Lipinski definition) is 5. The van der Waals surface area contributed by atoms with Crippen molar-refractivity contribution in [2.24, 2.45) is 5.73 Å². The molecule has 0 aliphatic carbocycles. The first-order valence-corrected chi connectivity index (χ1v) is 7.04. The number of hydrogen-bond donors (Lipinski definition) is 2. The topological polar surface area (TPSA) is 99.8 Å². The lowest BCUT2D eigenvalue weighted by Gasteiger charge is -2.16. The Kier molecular flexibility index (Phi) is 3.56. The van der Waals surface area contributed by atoms with Crippen LogP contribution < -0.4 is 17.0 Å². The predicted octanol–water partition coefficient (Wildman–Crippen LogP) is 2.04. The Balaban J connectivity index is 2.46. The summed E-state index contributed by atoms with van der Waals surface area (Å²) < 4.78 is 1.40. The zero-order valence-corrected chi connectivity index (χ0v) is 12.6. The van der Waals surface area contributed by atoms with Crippen molar-refractivity contribution in [3.8, 4) is 5.69 Å². The molecule has 0 spiro atoms. The summed E-state index contributed by atoms with van der Waals surface area (Å²) in [6.07, 6.45) is 3.04. The van der Waals surface area contributed by atoms with E-state index in [2.05, 4.69) is 9.97 Å². The minimum absolute atomic E-state index is 0.296. The maximum Gasteiger partial charge on any atom is 0.267 e. The molecule has 1 atom stereocenters. The Hall–Kier alpha value is -2.44. The molecular weight excluding hydrogens is 302 g/mol. The van der Waals surface area contributed by atoms with Crippen LogP contribution in [0.25, 0.3) is 16.6 Å². The molecule has 6 nitrogen and oxygen atoms in total. The summed E-state index contributed by atoms with van der Waals surface area (Å²) in [6, 6.07) is 6.33. The molecular formula is C15H14ClN5O. The summed E-state index contributed by atoms with van der Waals surface area (Å²) in [5, 5.41) is 0.688. The molecule has 1 aromatic carbocycles. The van der Waals surface area contributed by atoms with Crippen molar-refractivity contribution in [1.29, 1.82) is 0 Å². The van der Waals surface area contributed by atoms with E-state index in [-0.39, 0.29) is 5.56 Å². The minimum atomic E-state index is -0.447. The van der Waals surface area contributed by atoms with Gasteiger partial charge in [0.1, 0.15) is 5.82 Å². The van der Waals surface area contributed by atoms with E-state index in [4.69, 9.17) is 23.1 Å². The monoisotopic (exact) mass is 315 g/mol. The van der Waals surface area contributed by atoms with E-state index in [1.54, 1.807) is 31.2 Å². The fourth-order valence-corrected chi connectivity index (χ4v) is 2.58. The van der Waals surface area contributed by atoms with Gasteiger partial charge in [-0.05, 0) is 25.1 Å². The molecule has 0 radical (unpaired) electrons. The Morgan fingerprint density at radius 2 is 2.09 bits per heavy atom. The number of nitrogen functional groups attached to an aromatic ring is 1. The smallest absolute Gasteiger partial charge is 0.267 e. The molecule has 2 aromatic heterocycles. The highest BCUT2D eigenvalue weighted by Crippen LogP contribution is 2.22. The number of anilines is 1. The number of pyridine rings is 1. The molecule has 112 valence electrons. The van der Waals surface area contributed by atoms with Crippen LogP contribution in [0.1, 0.15) is 18.8 Å². The number of benzene rings is 1. The molecule has 4 N–H and O–H groups in total. The molecule has 0 saturated heterocycles. The van der Waals surface area contributed by atoms with Gasteiger partial charge in [0.05, 0.1) is 39.5 Å². The second-order valence-corrected chi connectivity index (χ2v) is 5.42. The third kappa shape index (κ3) is 2.32. The lowest BCUT2D eigenvalue weighted by molar-refractivity contribution is 0.695. The minimum Gasteiger partial charge on any atom is -0.397 e. The normalized spacial score (nSPS) is 12.5. The SMILES string of the molecule is CC(N)c1nc2cccc(Cl)c2c(=O)n1-c1cncc(N)c1. The summed E-state index contributed by atoms with van der Waals surface area (Å²) in [5.41, 5.74) is 12.9. The Morgan fingerprint density at radius 1 is 1.32 bits per heavy atom. The largest absolute Gasteiger partial charge is 0.397 e. The molecule has 0 fully saturated rings. The second kappa shape index (κ2) is 5.40. The number of fused-ring (bicyclic) bond motifs is 1. The van der Waals surface area contributed by atoms with E-state index in [1.165, 1.54) is 17.0 Å². The molecule has 0 saturated carbocycles. The number of rotatable bonds is 2. The van der Waals surface area contributed by atoms with E-state index < -0.39 is 6.04 Å². The fourth-order valence-electron chi connectivity index (χ4n) is 2.33. The van der Waals surface area contributed by atoms with Gasteiger partial charge in [0.2, 0.25) is 0 Å². The van der Waals surface area contributed by atoms with Crippen molar-refractivity contribution in [2.75, 3.05) is 5.73 Å². The highest BCUT2D eigenvalue weighted by atomic mass is 35.5. The van der Waals surface area contributed by atoms with Gasteiger partial charge in [-0.15, -0.1) is 0 Å². The summed E-state index contributed by atoms with van der Waals surface area (Å²) >= 11 is 6.16. The van der Waals surface area contributed by atoms with Crippen LogP contribution in [0, 0.1) is 0 Å². The van der Waals surface area contributed by atoms with Crippen molar-refractivity contribution in [3.05, 3.63) is 57.9 Å². The van der Waals surface area contributed by atoms with Gasteiger partial charge >= 0.3 is 0 Å². The van der Waals surface area contributed by atoms with Crippen LogP contribution in [0.5, 0.6) is 0 Å². The van der Waals surface area contributed by atoms with Gasteiger partial charge in [-0.25, -0.2) is 4.98 Å². The van der Waals surface area contributed by atoms with Crippen molar-refractivity contribution < 1.29 is 0 Å². The first-order chi connectivity index (χ1) is 10.5. The molecule has 0 aliphatic heterocycles. The highest BCUT2D eigenvalue weighted by Gasteiger charge is 2.17. The van der Waals surface area contributed by atoms with E-state index in [9.17, 15) is 4.79 Å². The summed E-state index contributed by atoms with van der Waals surface area (Å²) in [4.78, 5) is 21.4. The van der Waals surface area contributed by atoms with Crippen LogP contribution in [0.4, 0.5) is 5.69 Å². The van der Waals surface area contributed by atoms with Gasteiger partial charge in [0, 0.05) is 6.20 Å². The predicted molar refractivity (Wildman–Crippen MR) is 87.2 cm³/mol. The number of halogens is 1. The van der Waals surface area contributed by atoms with Crippen molar-refractivity contribution in [3.63, 3.8) is 0 Å². The fraction of sp³-hybridized carbons (Fsp3) is 0.133. The molecule has 7 heteroatoms. The Bertz CT molecular complexity index is 919. The third-order valence-electron chi connectivity index (χ3n) is 3.28.